The van der Waals surface area contributed by atoms with E-state index in [9.17, 15) is 0 Å². The number of hydrogen-bond acceptors (Lipinski definition) is 2. The molecule has 0 aliphatic rings. The van der Waals surface area contributed by atoms with Gasteiger partial charge in [-0.15, -0.1) is 0 Å². The Labute approximate surface area is 141 Å². The van der Waals surface area contributed by atoms with Crippen LogP contribution in [0.2, 0.25) is 0 Å². The summed E-state index contributed by atoms with van der Waals surface area (Å²) in [5, 5.41) is 5.65. The minimum Gasteiger partial charge on any atom is -0.456 e. The van der Waals surface area contributed by atoms with Crippen molar-refractivity contribution >= 4 is 27.6 Å². The SMILES string of the molecule is CN/C(=C\Cc1cccc2c1oc1ccccc12)c1ccccc1. The van der Waals surface area contributed by atoms with Gasteiger partial charge in [0.05, 0.1) is 0 Å². The molecule has 0 fully saturated rings. The average molecular weight is 313 g/mol. The summed E-state index contributed by atoms with van der Waals surface area (Å²) in [6.45, 7) is 0. The third kappa shape index (κ3) is 2.56. The zero-order valence-electron chi connectivity index (χ0n) is 13.6. The maximum absolute atomic E-state index is 6.11. The highest BCUT2D eigenvalue weighted by Crippen LogP contribution is 2.31. The smallest absolute Gasteiger partial charge is 0.138 e. The second kappa shape index (κ2) is 6.25. The molecule has 24 heavy (non-hydrogen) atoms. The minimum atomic E-state index is 0.822. The van der Waals surface area contributed by atoms with Crippen LogP contribution in [-0.4, -0.2) is 7.05 Å². The van der Waals surface area contributed by atoms with Crippen LogP contribution in [0.15, 0.2) is 83.3 Å². The fourth-order valence-electron chi connectivity index (χ4n) is 3.16. The molecule has 1 aromatic heterocycles. The van der Waals surface area contributed by atoms with Gasteiger partial charge in [-0.2, -0.15) is 0 Å². The summed E-state index contributed by atoms with van der Waals surface area (Å²) in [5.74, 6) is 0. The Morgan fingerprint density at radius 3 is 2.46 bits per heavy atom. The van der Waals surface area contributed by atoms with Gasteiger partial charge in [-0.3, -0.25) is 0 Å². The van der Waals surface area contributed by atoms with Gasteiger partial charge >= 0.3 is 0 Å². The van der Waals surface area contributed by atoms with E-state index in [0.717, 1.165) is 23.3 Å². The van der Waals surface area contributed by atoms with E-state index in [4.69, 9.17) is 4.42 Å². The Balaban J connectivity index is 1.75. The van der Waals surface area contributed by atoms with Crippen molar-refractivity contribution in [2.75, 3.05) is 7.05 Å². The second-order valence-corrected chi connectivity index (χ2v) is 5.83. The van der Waals surface area contributed by atoms with Crippen LogP contribution in [0.3, 0.4) is 0 Å². The molecule has 4 rings (SSSR count). The summed E-state index contributed by atoms with van der Waals surface area (Å²) >= 11 is 0. The van der Waals surface area contributed by atoms with Crippen molar-refractivity contribution < 1.29 is 4.42 Å². The lowest BCUT2D eigenvalue weighted by atomic mass is 10.0. The van der Waals surface area contributed by atoms with Gasteiger partial charge in [0.1, 0.15) is 11.2 Å². The third-order valence-corrected chi connectivity index (χ3v) is 4.37. The molecule has 0 radical (unpaired) electrons. The number of fused-ring (bicyclic) bond motifs is 3. The van der Waals surface area contributed by atoms with Crippen molar-refractivity contribution in [3.05, 3.63) is 90.0 Å². The number of para-hydroxylation sites is 2. The largest absolute Gasteiger partial charge is 0.456 e. The van der Waals surface area contributed by atoms with E-state index in [1.165, 1.54) is 21.9 Å². The number of furan rings is 1. The molecule has 118 valence electrons. The Morgan fingerprint density at radius 1 is 0.875 bits per heavy atom. The highest BCUT2D eigenvalue weighted by Gasteiger charge is 2.09. The quantitative estimate of drug-likeness (QED) is 0.546. The summed E-state index contributed by atoms with van der Waals surface area (Å²) < 4.78 is 6.11. The van der Waals surface area contributed by atoms with Crippen LogP contribution in [0.5, 0.6) is 0 Å². The molecule has 2 nitrogen and oxygen atoms in total. The van der Waals surface area contributed by atoms with Gasteiger partial charge in [0.2, 0.25) is 0 Å². The Bertz CT molecular complexity index is 1010. The number of allylic oxidation sites excluding steroid dienone is 1. The van der Waals surface area contributed by atoms with Crippen LogP contribution in [0.25, 0.3) is 27.6 Å². The first-order valence-electron chi connectivity index (χ1n) is 8.19. The zero-order valence-corrected chi connectivity index (χ0v) is 13.6. The van der Waals surface area contributed by atoms with E-state index in [-0.39, 0.29) is 0 Å². The van der Waals surface area contributed by atoms with E-state index in [1.807, 2.05) is 25.2 Å². The van der Waals surface area contributed by atoms with Crippen molar-refractivity contribution in [3.63, 3.8) is 0 Å². The van der Waals surface area contributed by atoms with Crippen molar-refractivity contribution in [1.29, 1.82) is 0 Å². The molecule has 4 aromatic rings. The predicted molar refractivity (Wildman–Crippen MR) is 101 cm³/mol. The number of nitrogens with one attached hydrogen (secondary N) is 1. The van der Waals surface area contributed by atoms with Crippen LogP contribution in [0, 0.1) is 0 Å². The average Bonchev–Trinajstić information content (AvgIpc) is 3.03. The Morgan fingerprint density at radius 2 is 1.62 bits per heavy atom. The third-order valence-electron chi connectivity index (χ3n) is 4.37. The summed E-state index contributed by atoms with van der Waals surface area (Å²) in [7, 11) is 1.96. The summed E-state index contributed by atoms with van der Waals surface area (Å²) in [6.07, 6.45) is 3.04. The van der Waals surface area contributed by atoms with Crippen LogP contribution >= 0.6 is 0 Å². The monoisotopic (exact) mass is 313 g/mol. The minimum absolute atomic E-state index is 0.822. The van der Waals surface area contributed by atoms with E-state index >= 15 is 0 Å². The van der Waals surface area contributed by atoms with Gasteiger partial charge in [0.25, 0.3) is 0 Å². The first-order chi connectivity index (χ1) is 11.9. The molecule has 1 N–H and O–H groups in total. The lowest BCUT2D eigenvalue weighted by Gasteiger charge is -2.07. The molecule has 0 saturated carbocycles. The summed E-state index contributed by atoms with van der Waals surface area (Å²) in [6, 6.07) is 25.0. The van der Waals surface area contributed by atoms with Crippen LogP contribution in [-0.2, 0) is 6.42 Å². The number of rotatable bonds is 4. The zero-order chi connectivity index (χ0) is 16.4. The van der Waals surface area contributed by atoms with Crippen molar-refractivity contribution in [2.24, 2.45) is 0 Å². The van der Waals surface area contributed by atoms with Crippen molar-refractivity contribution in [3.8, 4) is 0 Å². The second-order valence-electron chi connectivity index (χ2n) is 5.83. The standard InChI is InChI=1S/C22H19NO/c1-23-20(16-8-3-2-4-9-16)15-14-17-10-7-12-19-18-11-5-6-13-21(18)24-22(17)19/h2-13,15,23H,14H2,1H3/b20-15-. The molecular formula is C22H19NO. The molecule has 1 heterocycles. The summed E-state index contributed by atoms with van der Waals surface area (Å²) in [4.78, 5) is 0. The molecule has 0 atom stereocenters. The topological polar surface area (TPSA) is 25.2 Å². The maximum Gasteiger partial charge on any atom is 0.138 e. The normalized spacial score (nSPS) is 12.0. The Kier molecular flexibility index (Phi) is 3.80. The molecule has 0 amide bonds. The molecule has 0 unspecified atom stereocenters. The highest BCUT2D eigenvalue weighted by molar-refractivity contribution is 6.05. The number of hydrogen-bond donors (Lipinski definition) is 1. The predicted octanol–water partition coefficient (Wildman–Crippen LogP) is 5.39. The van der Waals surface area contributed by atoms with Crippen LogP contribution in [0.1, 0.15) is 11.1 Å². The molecule has 3 aromatic carbocycles. The van der Waals surface area contributed by atoms with Gasteiger partial charge in [-0.05, 0) is 23.6 Å². The Hall–Kier alpha value is -3.00. The van der Waals surface area contributed by atoms with Crippen molar-refractivity contribution in [1.82, 2.24) is 5.32 Å². The molecule has 0 saturated heterocycles. The fourth-order valence-corrected chi connectivity index (χ4v) is 3.16. The van der Waals surface area contributed by atoms with Gasteiger partial charge in [-0.1, -0.05) is 72.8 Å². The molecule has 0 bridgehead atoms. The van der Waals surface area contributed by atoms with Gasteiger partial charge in [0.15, 0.2) is 0 Å². The lowest BCUT2D eigenvalue weighted by Crippen LogP contribution is -2.05. The van der Waals surface area contributed by atoms with E-state index in [1.54, 1.807) is 0 Å². The van der Waals surface area contributed by atoms with Crippen LogP contribution < -0.4 is 5.32 Å². The maximum atomic E-state index is 6.11. The highest BCUT2D eigenvalue weighted by atomic mass is 16.3. The molecular weight excluding hydrogens is 294 g/mol. The van der Waals surface area contributed by atoms with E-state index < -0.39 is 0 Å². The van der Waals surface area contributed by atoms with Gasteiger partial charge < -0.3 is 9.73 Å². The van der Waals surface area contributed by atoms with Gasteiger partial charge in [-0.25, -0.2) is 0 Å². The van der Waals surface area contributed by atoms with Crippen molar-refractivity contribution in [2.45, 2.75) is 6.42 Å². The van der Waals surface area contributed by atoms with Crippen LogP contribution in [0.4, 0.5) is 0 Å². The molecule has 0 aliphatic carbocycles. The fraction of sp³-hybridized carbons (Fsp3) is 0.0909. The van der Waals surface area contributed by atoms with E-state index in [0.29, 0.717) is 0 Å². The lowest BCUT2D eigenvalue weighted by molar-refractivity contribution is 0.664. The van der Waals surface area contributed by atoms with E-state index in [2.05, 4.69) is 66.0 Å². The first kappa shape index (κ1) is 14.6. The first-order valence-corrected chi connectivity index (χ1v) is 8.19. The number of benzene rings is 3. The molecule has 0 aliphatic heterocycles. The molecule has 2 heteroatoms. The summed E-state index contributed by atoms with van der Waals surface area (Å²) in [5.41, 5.74) is 5.45. The van der Waals surface area contributed by atoms with Gasteiger partial charge in [0, 0.05) is 23.5 Å². The molecule has 0 spiro atoms.